The highest BCUT2D eigenvalue weighted by Gasteiger charge is 2.44. The van der Waals surface area contributed by atoms with Crippen molar-refractivity contribution in [3.05, 3.63) is 17.5 Å². The van der Waals surface area contributed by atoms with E-state index in [1.807, 2.05) is 0 Å². The van der Waals surface area contributed by atoms with E-state index in [0.717, 1.165) is 25.7 Å². The second kappa shape index (κ2) is 14.0. The Morgan fingerprint density at radius 3 is 2.31 bits per heavy atom. The van der Waals surface area contributed by atoms with E-state index in [4.69, 9.17) is 30.1 Å². The van der Waals surface area contributed by atoms with Gasteiger partial charge in [-0.05, 0) is 30.5 Å². The number of halogens is 1. The number of hydrogen-bond acceptors (Lipinski definition) is 12. The van der Waals surface area contributed by atoms with Crippen molar-refractivity contribution in [2.45, 2.75) is 56.3 Å². The largest absolute Gasteiger partial charge is 0.387 e. The number of hydrogen-bond donors (Lipinski definition) is 3. The highest BCUT2D eigenvalue weighted by Crippen LogP contribution is 2.48. The van der Waals surface area contributed by atoms with Crippen molar-refractivity contribution in [1.29, 1.82) is 0 Å². The van der Waals surface area contributed by atoms with Gasteiger partial charge in [0.15, 0.2) is 6.23 Å². The number of carbonyl (C=O) groups excluding carboxylic acids is 2. The summed E-state index contributed by atoms with van der Waals surface area (Å²) in [5.74, 6) is -0.356. The number of rotatable bonds is 13. The number of aliphatic hydroxyl groups excluding tert-OH is 2. The van der Waals surface area contributed by atoms with Crippen LogP contribution in [0, 0.1) is 0 Å². The van der Waals surface area contributed by atoms with Gasteiger partial charge in [0.1, 0.15) is 49.3 Å². The molecule has 2 aliphatic rings. The molecule has 3 N–H and O–H groups in total. The number of fused-ring (bicyclic) bond motifs is 1. The van der Waals surface area contributed by atoms with Crippen LogP contribution in [0.3, 0.4) is 0 Å². The smallest absolute Gasteiger partial charge is 0.357 e. The fourth-order valence-corrected chi connectivity index (χ4v) is 5.97. The molecule has 3 heterocycles. The molecule has 17 heteroatoms. The first-order valence-electron chi connectivity index (χ1n) is 13.6. The minimum absolute atomic E-state index is 0.0205. The molecule has 1 unspecified atom stereocenters. The lowest BCUT2D eigenvalue weighted by Crippen LogP contribution is -2.34. The van der Waals surface area contributed by atoms with E-state index >= 15 is 0 Å². The van der Waals surface area contributed by atoms with Crippen molar-refractivity contribution >= 4 is 47.9 Å². The van der Waals surface area contributed by atoms with Crippen LogP contribution in [0.25, 0.3) is 11.0 Å². The lowest BCUT2D eigenvalue weighted by atomic mass is 10.1. The summed E-state index contributed by atoms with van der Waals surface area (Å²) in [6.45, 7) is -1.43. The third-order valence-electron chi connectivity index (χ3n) is 7.15. The monoisotopic (exact) mass is 632 g/mol. The fourth-order valence-electron chi connectivity index (χ4n) is 4.64. The molecule has 42 heavy (non-hydrogen) atoms. The van der Waals surface area contributed by atoms with Gasteiger partial charge >= 0.3 is 7.60 Å². The summed E-state index contributed by atoms with van der Waals surface area (Å²) in [4.78, 5) is 35.1. The summed E-state index contributed by atoms with van der Waals surface area (Å²) in [7, 11) is 1.94. The zero-order valence-corrected chi connectivity index (χ0v) is 25.7. The third kappa shape index (κ3) is 7.77. The van der Waals surface area contributed by atoms with Gasteiger partial charge in [-0.25, -0.2) is 4.98 Å². The van der Waals surface area contributed by atoms with Crippen LogP contribution in [0.15, 0.2) is 12.3 Å². The number of nitrogens with one attached hydrogen (secondary N) is 1. The first-order valence-corrected chi connectivity index (χ1v) is 15.7. The van der Waals surface area contributed by atoms with Crippen molar-refractivity contribution in [3.63, 3.8) is 0 Å². The fraction of sp³-hybridized carbons (Fsp3) is 0.680. The van der Waals surface area contributed by atoms with Crippen LogP contribution in [0.4, 0.5) is 5.82 Å². The molecule has 0 spiro atoms. The number of aromatic nitrogens is 3. The van der Waals surface area contributed by atoms with Gasteiger partial charge in [0.25, 0.3) is 0 Å². The summed E-state index contributed by atoms with van der Waals surface area (Å²) < 4.78 is 36.8. The lowest BCUT2D eigenvalue weighted by Gasteiger charge is -2.21. The maximum atomic E-state index is 13.3. The van der Waals surface area contributed by atoms with E-state index in [9.17, 15) is 24.4 Å². The van der Waals surface area contributed by atoms with E-state index in [2.05, 4.69) is 15.3 Å². The Hall–Kier alpha value is -2.36. The first kappa shape index (κ1) is 32.6. The minimum atomic E-state index is -4.08. The topological polar surface area (TPSA) is 178 Å². The average Bonchev–Trinajstić information content (AvgIpc) is 3.67. The van der Waals surface area contributed by atoms with Gasteiger partial charge in [-0.3, -0.25) is 23.2 Å². The van der Waals surface area contributed by atoms with E-state index in [0.29, 0.717) is 16.9 Å². The standard InChI is InChI=1S/C25H38ClN6O9P/c1-30(2)18(33)12-39-42(37,40-13-19(34)31(3)4)14-38-11-17-20(35)21(36)24(41-17)32-10-9-16-22(27-15-7-5-6-8-15)28-25(26)29-23(16)32/h9-10,15,17,20-21,24,35-36H,5-8,11-14H2,1-4H3,(H,27,28,29)/t17?,20-,21-,24-/m1/s1. The highest BCUT2D eigenvalue weighted by molar-refractivity contribution is 7.53. The second-order valence-electron chi connectivity index (χ2n) is 10.7. The molecule has 1 saturated heterocycles. The third-order valence-corrected chi connectivity index (χ3v) is 8.86. The Bertz CT molecular complexity index is 1280. The quantitative estimate of drug-likeness (QED) is 0.214. The molecule has 0 bridgehead atoms. The van der Waals surface area contributed by atoms with Crippen molar-refractivity contribution in [2.24, 2.45) is 0 Å². The van der Waals surface area contributed by atoms with Crippen LogP contribution in [0.5, 0.6) is 0 Å². The van der Waals surface area contributed by atoms with Crippen LogP contribution in [0.2, 0.25) is 5.28 Å². The van der Waals surface area contributed by atoms with Crippen LogP contribution < -0.4 is 5.32 Å². The maximum Gasteiger partial charge on any atom is 0.357 e. The van der Waals surface area contributed by atoms with Gasteiger partial charge in [0, 0.05) is 40.4 Å². The normalized spacial score (nSPS) is 23.0. The van der Waals surface area contributed by atoms with Gasteiger partial charge in [0.2, 0.25) is 17.1 Å². The Balaban J connectivity index is 1.42. The van der Waals surface area contributed by atoms with Gasteiger partial charge in [-0.15, -0.1) is 0 Å². The number of nitrogens with zero attached hydrogens (tertiary/aromatic N) is 5. The highest BCUT2D eigenvalue weighted by atomic mass is 35.5. The van der Waals surface area contributed by atoms with Crippen LogP contribution in [-0.2, 0) is 32.7 Å². The number of amides is 2. The van der Waals surface area contributed by atoms with Gasteiger partial charge < -0.3 is 39.4 Å². The summed E-state index contributed by atoms with van der Waals surface area (Å²) in [5, 5.41) is 25.7. The molecular formula is C25H38ClN6O9P. The van der Waals surface area contributed by atoms with Crippen LogP contribution in [0.1, 0.15) is 31.9 Å². The molecule has 2 aromatic heterocycles. The number of anilines is 1. The van der Waals surface area contributed by atoms with Crippen molar-refractivity contribution in [2.75, 3.05) is 59.7 Å². The molecule has 0 aromatic carbocycles. The van der Waals surface area contributed by atoms with E-state index < -0.39 is 63.5 Å². The van der Waals surface area contributed by atoms with Crippen molar-refractivity contribution < 1.29 is 42.9 Å². The van der Waals surface area contributed by atoms with Gasteiger partial charge in [0.05, 0.1) is 12.0 Å². The predicted octanol–water partition coefficient (Wildman–Crippen LogP) is 1.44. The Kier molecular flexibility index (Phi) is 10.8. The zero-order valence-electron chi connectivity index (χ0n) is 24.0. The molecule has 1 saturated carbocycles. The molecule has 2 aromatic rings. The zero-order chi connectivity index (χ0) is 30.6. The molecule has 1 aliphatic heterocycles. The number of aliphatic hydroxyl groups is 2. The van der Waals surface area contributed by atoms with Crippen molar-refractivity contribution in [3.8, 4) is 0 Å². The van der Waals surface area contributed by atoms with Crippen LogP contribution >= 0.6 is 19.2 Å². The Labute approximate surface area is 248 Å². The predicted molar refractivity (Wildman–Crippen MR) is 152 cm³/mol. The molecule has 4 atom stereocenters. The second-order valence-corrected chi connectivity index (χ2v) is 13.0. The summed E-state index contributed by atoms with van der Waals surface area (Å²) in [6, 6.07) is 2.06. The number of carbonyl (C=O) groups is 2. The molecule has 4 rings (SSSR count). The molecular weight excluding hydrogens is 595 g/mol. The Morgan fingerprint density at radius 2 is 1.71 bits per heavy atom. The Morgan fingerprint density at radius 1 is 1.10 bits per heavy atom. The molecule has 1 aliphatic carbocycles. The SMILES string of the molecule is CN(C)C(=O)COP(=O)(COCC1O[C@@H](n2ccc3c(NC4CCCC4)nc(Cl)nc32)[C@H](O)[C@@H]1O)OCC(=O)N(C)C. The van der Waals surface area contributed by atoms with E-state index in [1.54, 1.807) is 16.8 Å². The number of ether oxygens (including phenoxy) is 2. The maximum absolute atomic E-state index is 13.3. The van der Waals surface area contributed by atoms with E-state index in [-0.39, 0.29) is 17.9 Å². The summed E-state index contributed by atoms with van der Waals surface area (Å²) in [6.07, 6.45) is 0.581. The molecule has 0 radical (unpaired) electrons. The molecule has 234 valence electrons. The summed E-state index contributed by atoms with van der Waals surface area (Å²) in [5.41, 5.74) is 0.413. The van der Waals surface area contributed by atoms with Gasteiger partial charge in [-0.2, -0.15) is 4.98 Å². The lowest BCUT2D eigenvalue weighted by molar-refractivity contribution is -0.131. The van der Waals surface area contributed by atoms with Crippen molar-refractivity contribution in [1.82, 2.24) is 24.3 Å². The minimum Gasteiger partial charge on any atom is -0.387 e. The summed E-state index contributed by atoms with van der Waals surface area (Å²) >= 11 is 6.23. The molecule has 2 fully saturated rings. The van der Waals surface area contributed by atoms with Gasteiger partial charge in [-0.1, -0.05) is 12.8 Å². The van der Waals surface area contributed by atoms with Crippen LogP contribution in [-0.4, -0.2) is 125 Å². The van der Waals surface area contributed by atoms with E-state index in [1.165, 1.54) is 38.0 Å². The average molecular weight is 633 g/mol. The number of likely N-dealkylation sites (N-methyl/N-ethyl adjacent to an activating group) is 2. The molecule has 15 nitrogen and oxygen atoms in total. The molecule has 2 amide bonds. The first-order chi connectivity index (χ1) is 19.9.